The Morgan fingerprint density at radius 2 is 2.12 bits per heavy atom. The number of likely N-dealkylation sites (tertiary alicyclic amines) is 1. The molecule has 5 nitrogen and oxygen atoms in total. The van der Waals surface area contributed by atoms with Gasteiger partial charge in [0.2, 0.25) is 0 Å². The first-order chi connectivity index (χ1) is 12.4. The van der Waals surface area contributed by atoms with Crippen LogP contribution >= 0.6 is 0 Å². The molecule has 1 amide bonds. The molecule has 136 valence electrons. The third-order valence-electron chi connectivity index (χ3n) is 6.72. The summed E-state index contributed by atoms with van der Waals surface area (Å²) in [7, 11) is 0. The number of aromatic nitrogens is 2. The summed E-state index contributed by atoms with van der Waals surface area (Å²) in [6.45, 7) is 9.11. The molecule has 26 heavy (non-hydrogen) atoms. The smallest absolute Gasteiger partial charge is 0.259 e. The number of nitrogens with zero attached hydrogens (tertiary/aromatic N) is 3. The lowest BCUT2D eigenvalue weighted by atomic mass is 9.91. The highest BCUT2D eigenvalue weighted by Crippen LogP contribution is 2.59. The van der Waals surface area contributed by atoms with Crippen molar-refractivity contribution in [1.29, 1.82) is 0 Å². The fourth-order valence-corrected chi connectivity index (χ4v) is 5.08. The van der Waals surface area contributed by atoms with Crippen molar-refractivity contribution in [2.45, 2.75) is 44.6 Å². The maximum atomic E-state index is 13.2. The Labute approximate surface area is 154 Å². The molecule has 3 heterocycles. The fourth-order valence-electron chi connectivity index (χ4n) is 5.08. The van der Waals surface area contributed by atoms with E-state index in [1.54, 1.807) is 6.20 Å². The normalized spacial score (nSPS) is 28.3. The highest BCUT2D eigenvalue weighted by atomic mass is 16.2. The third kappa shape index (κ3) is 2.09. The molecule has 1 aromatic carbocycles. The van der Waals surface area contributed by atoms with Crippen LogP contribution in [-0.4, -0.2) is 40.2 Å². The van der Waals surface area contributed by atoms with Crippen molar-refractivity contribution in [3.05, 3.63) is 47.2 Å². The average Bonchev–Trinajstić information content (AvgIpc) is 2.97. The first kappa shape index (κ1) is 15.9. The predicted octanol–water partition coefficient (Wildman–Crippen LogP) is 3.16. The Kier molecular flexibility index (Phi) is 3.13. The minimum atomic E-state index is -0.0470. The number of hydrogen-bond donors (Lipinski definition) is 1. The van der Waals surface area contributed by atoms with Gasteiger partial charge >= 0.3 is 0 Å². The summed E-state index contributed by atoms with van der Waals surface area (Å²) in [5.41, 5.74) is 3.63. The predicted molar refractivity (Wildman–Crippen MR) is 102 cm³/mol. The molecule has 1 aliphatic carbocycles. The quantitative estimate of drug-likeness (QED) is 0.905. The Morgan fingerprint density at radius 1 is 1.31 bits per heavy atom. The molecule has 1 aromatic heterocycles. The van der Waals surface area contributed by atoms with Crippen molar-refractivity contribution >= 4 is 11.7 Å². The van der Waals surface area contributed by atoms with Crippen LogP contribution in [0.3, 0.4) is 0 Å². The Bertz CT molecular complexity index is 899. The Morgan fingerprint density at radius 3 is 2.92 bits per heavy atom. The van der Waals surface area contributed by atoms with Gasteiger partial charge in [0.25, 0.3) is 5.91 Å². The van der Waals surface area contributed by atoms with Crippen LogP contribution in [0.25, 0.3) is 0 Å². The molecular weight excluding hydrogens is 324 g/mol. The zero-order chi connectivity index (χ0) is 18.1. The topological polar surface area (TPSA) is 50.2 Å². The van der Waals surface area contributed by atoms with Crippen LogP contribution in [0.4, 0.5) is 5.82 Å². The number of anilines is 1. The maximum Gasteiger partial charge on any atom is 0.259 e. The van der Waals surface area contributed by atoms with Crippen molar-refractivity contribution in [2.24, 2.45) is 5.92 Å². The zero-order valence-electron chi connectivity index (χ0n) is 15.7. The second-order valence-corrected chi connectivity index (χ2v) is 8.87. The van der Waals surface area contributed by atoms with Gasteiger partial charge in [-0.2, -0.15) is 5.10 Å². The maximum absolute atomic E-state index is 13.2. The number of hydrogen-bond acceptors (Lipinski definition) is 3. The largest absolute Gasteiger partial charge is 0.370 e. The van der Waals surface area contributed by atoms with Crippen molar-refractivity contribution in [3.63, 3.8) is 0 Å². The molecule has 0 bridgehead atoms. The molecule has 1 saturated carbocycles. The van der Waals surface area contributed by atoms with E-state index < -0.39 is 0 Å². The Balaban J connectivity index is 1.43. The molecule has 2 atom stereocenters. The second-order valence-electron chi connectivity index (χ2n) is 8.87. The van der Waals surface area contributed by atoms with Crippen LogP contribution in [0.5, 0.6) is 0 Å². The van der Waals surface area contributed by atoms with Crippen LogP contribution in [0.2, 0.25) is 0 Å². The Hall–Kier alpha value is -2.30. The molecule has 3 aliphatic rings. The zero-order valence-corrected chi connectivity index (χ0v) is 15.7. The van der Waals surface area contributed by atoms with Crippen molar-refractivity contribution in [1.82, 2.24) is 14.7 Å². The van der Waals surface area contributed by atoms with E-state index in [0.29, 0.717) is 5.92 Å². The van der Waals surface area contributed by atoms with E-state index >= 15 is 0 Å². The number of piperidine rings is 1. The highest BCUT2D eigenvalue weighted by molar-refractivity contribution is 5.99. The second kappa shape index (κ2) is 5.12. The van der Waals surface area contributed by atoms with Crippen molar-refractivity contribution in [2.75, 3.05) is 25.0 Å². The molecule has 0 spiro atoms. The van der Waals surface area contributed by atoms with E-state index in [2.05, 4.69) is 55.5 Å². The standard InChI is InChI=1S/C21H26N4O/c1-14-6-4-5-7-17(14)21-10-15(21)12-24(13-21)19(26)16-11-23-25-18(16)22-9-8-20(25,2)3/h4-7,11,15,22H,8-10,12-13H2,1-3H3. The van der Waals surface area contributed by atoms with Gasteiger partial charge in [-0.1, -0.05) is 24.3 Å². The lowest BCUT2D eigenvalue weighted by molar-refractivity contribution is 0.0773. The van der Waals surface area contributed by atoms with Gasteiger partial charge in [-0.25, -0.2) is 4.68 Å². The summed E-state index contributed by atoms with van der Waals surface area (Å²) in [6.07, 6.45) is 3.97. The van der Waals surface area contributed by atoms with Gasteiger partial charge in [-0.05, 0) is 50.7 Å². The van der Waals surface area contributed by atoms with E-state index in [1.807, 2.05) is 9.58 Å². The van der Waals surface area contributed by atoms with Crippen molar-refractivity contribution < 1.29 is 4.79 Å². The van der Waals surface area contributed by atoms with Crippen molar-refractivity contribution in [3.8, 4) is 0 Å². The first-order valence-electron chi connectivity index (χ1n) is 9.60. The third-order valence-corrected chi connectivity index (χ3v) is 6.72. The van der Waals surface area contributed by atoms with Crippen LogP contribution in [0.15, 0.2) is 30.5 Å². The van der Waals surface area contributed by atoms with E-state index in [0.717, 1.165) is 37.4 Å². The lowest BCUT2D eigenvalue weighted by Gasteiger charge is -2.33. The minimum Gasteiger partial charge on any atom is -0.370 e. The van der Waals surface area contributed by atoms with Crippen LogP contribution < -0.4 is 5.32 Å². The molecule has 5 rings (SSSR count). The van der Waals surface area contributed by atoms with E-state index in [-0.39, 0.29) is 16.9 Å². The number of aryl methyl sites for hydroxylation is 1. The molecular formula is C21H26N4O. The highest BCUT2D eigenvalue weighted by Gasteiger charge is 2.62. The number of fused-ring (bicyclic) bond motifs is 2. The van der Waals surface area contributed by atoms with Gasteiger partial charge in [0.05, 0.1) is 11.7 Å². The van der Waals surface area contributed by atoms with E-state index in [4.69, 9.17) is 0 Å². The van der Waals surface area contributed by atoms with Crippen LogP contribution in [0, 0.1) is 12.8 Å². The number of amides is 1. The summed E-state index contributed by atoms with van der Waals surface area (Å²) in [5, 5.41) is 7.93. The molecule has 2 fully saturated rings. The van der Waals surface area contributed by atoms with Gasteiger partial charge in [0, 0.05) is 25.0 Å². The van der Waals surface area contributed by atoms with Gasteiger partial charge in [0.1, 0.15) is 11.4 Å². The van der Waals surface area contributed by atoms with Gasteiger partial charge < -0.3 is 10.2 Å². The SMILES string of the molecule is Cc1ccccc1C12CC1CN(C(=O)c1cnn3c1NCCC3(C)C)C2. The number of benzene rings is 1. The van der Waals surface area contributed by atoms with Crippen LogP contribution in [-0.2, 0) is 11.0 Å². The fraction of sp³-hybridized carbons (Fsp3) is 0.524. The summed E-state index contributed by atoms with van der Waals surface area (Å²) in [6, 6.07) is 8.65. The first-order valence-corrected chi connectivity index (χ1v) is 9.60. The molecule has 1 N–H and O–H groups in total. The number of carbonyl (C=O) groups excluding carboxylic acids is 1. The van der Waals surface area contributed by atoms with Gasteiger partial charge in [-0.3, -0.25) is 4.79 Å². The summed E-state index contributed by atoms with van der Waals surface area (Å²) < 4.78 is 1.98. The molecule has 0 radical (unpaired) electrons. The molecule has 2 aromatic rings. The summed E-state index contributed by atoms with van der Waals surface area (Å²) in [5.74, 6) is 1.61. The molecule has 1 saturated heterocycles. The number of carbonyl (C=O) groups is 1. The number of rotatable bonds is 2. The van der Waals surface area contributed by atoms with Crippen LogP contribution in [0.1, 0.15) is 48.2 Å². The van der Waals surface area contributed by atoms with E-state index in [9.17, 15) is 4.79 Å². The van der Waals surface area contributed by atoms with Gasteiger partial charge in [-0.15, -0.1) is 0 Å². The number of nitrogens with one attached hydrogen (secondary N) is 1. The molecule has 2 unspecified atom stereocenters. The van der Waals surface area contributed by atoms with E-state index in [1.165, 1.54) is 17.5 Å². The average molecular weight is 350 g/mol. The minimum absolute atomic E-state index is 0.0470. The summed E-state index contributed by atoms with van der Waals surface area (Å²) >= 11 is 0. The lowest BCUT2D eigenvalue weighted by Crippen LogP contribution is -2.37. The van der Waals surface area contributed by atoms with Gasteiger partial charge in [0.15, 0.2) is 0 Å². The monoisotopic (exact) mass is 350 g/mol. The summed E-state index contributed by atoms with van der Waals surface area (Å²) in [4.78, 5) is 15.3. The molecule has 2 aliphatic heterocycles. The molecule has 5 heteroatoms.